The minimum Gasteiger partial charge on any atom is -0.261 e. The summed E-state index contributed by atoms with van der Waals surface area (Å²) in [6.45, 7) is 2.63. The molecule has 0 saturated carbocycles. The van der Waals surface area contributed by atoms with E-state index in [2.05, 4.69) is 15.8 Å². The fraction of sp³-hybridized carbons (Fsp3) is 0.909. The van der Waals surface area contributed by atoms with Gasteiger partial charge in [-0.2, -0.15) is 0 Å². The van der Waals surface area contributed by atoms with E-state index in [1.165, 1.54) is 51.6 Å². The smallest absolute Gasteiger partial charge is 0.234 e. The lowest BCUT2D eigenvalue weighted by Gasteiger charge is -2.28. The Hall–Kier alpha value is -0.530. The van der Waals surface area contributed by atoms with Crippen molar-refractivity contribution in [1.29, 1.82) is 0 Å². The molecule has 0 amide bonds. The van der Waals surface area contributed by atoms with Crippen LogP contribution in [0.3, 0.4) is 0 Å². The van der Waals surface area contributed by atoms with Crippen molar-refractivity contribution in [3.8, 4) is 0 Å². The number of rotatable bonds is 0. The second-order valence-corrected chi connectivity index (χ2v) is 4.72. The fourth-order valence-corrected chi connectivity index (χ4v) is 3.26. The zero-order chi connectivity index (χ0) is 8.67. The van der Waals surface area contributed by atoms with E-state index in [1.807, 2.05) is 0 Å². The molecule has 0 N–H and O–H groups in total. The predicted molar refractivity (Wildman–Crippen MR) is 53.2 cm³/mol. The third-order valence-electron chi connectivity index (χ3n) is 3.93. The largest absolute Gasteiger partial charge is 0.261 e. The maximum atomic E-state index is 2.61. The van der Waals surface area contributed by atoms with Gasteiger partial charge in [-0.05, 0) is 38.5 Å². The van der Waals surface area contributed by atoms with Crippen molar-refractivity contribution in [3.05, 3.63) is 0 Å². The molecule has 2 nitrogen and oxygen atoms in total. The third kappa shape index (κ3) is 1.18. The number of hydrogen-bond acceptors (Lipinski definition) is 1. The molecule has 3 rings (SSSR count). The van der Waals surface area contributed by atoms with Crippen LogP contribution in [0.1, 0.15) is 38.5 Å². The Morgan fingerprint density at radius 3 is 3.00 bits per heavy atom. The number of nitrogens with zero attached hydrogens (tertiary/aromatic N) is 2. The predicted octanol–water partition coefficient (Wildman–Crippen LogP) is 1.45. The minimum atomic E-state index is 0.883. The Kier molecular flexibility index (Phi) is 1.81. The van der Waals surface area contributed by atoms with Crippen LogP contribution in [0, 0.1) is 0 Å². The second kappa shape index (κ2) is 3.00. The van der Waals surface area contributed by atoms with Gasteiger partial charge in [0.05, 0.1) is 13.1 Å². The van der Waals surface area contributed by atoms with Gasteiger partial charge in [0.25, 0.3) is 0 Å². The van der Waals surface area contributed by atoms with E-state index in [9.17, 15) is 0 Å². The molecule has 0 bridgehead atoms. The van der Waals surface area contributed by atoms with Gasteiger partial charge >= 0.3 is 0 Å². The highest BCUT2D eigenvalue weighted by molar-refractivity contribution is 5.52. The van der Waals surface area contributed by atoms with Gasteiger partial charge in [0.15, 0.2) is 0 Å². The van der Waals surface area contributed by atoms with Gasteiger partial charge in [-0.15, -0.1) is 0 Å². The van der Waals surface area contributed by atoms with Crippen LogP contribution in [0.2, 0.25) is 0 Å². The Morgan fingerprint density at radius 2 is 2.00 bits per heavy atom. The molecule has 0 aliphatic carbocycles. The van der Waals surface area contributed by atoms with E-state index in [0.717, 1.165) is 12.1 Å². The van der Waals surface area contributed by atoms with Gasteiger partial charge in [-0.1, -0.05) is 0 Å². The standard InChI is InChI=1S/C11H19N2/c1-3-7-12-9-13-8-4-2-6-11(13)10(12)5-1/h9-11H,1-8H2/q+1/t10-,11-/m0/s1. The van der Waals surface area contributed by atoms with E-state index >= 15 is 0 Å². The van der Waals surface area contributed by atoms with Crippen LogP contribution < -0.4 is 0 Å². The molecule has 2 atom stereocenters. The van der Waals surface area contributed by atoms with Crippen molar-refractivity contribution in [1.82, 2.24) is 4.90 Å². The maximum absolute atomic E-state index is 2.61. The first kappa shape index (κ1) is 7.84. The van der Waals surface area contributed by atoms with Gasteiger partial charge in [0.2, 0.25) is 6.34 Å². The highest BCUT2D eigenvalue weighted by Crippen LogP contribution is 2.29. The molecule has 0 aromatic carbocycles. The molecule has 3 aliphatic rings. The molecule has 2 heteroatoms. The summed E-state index contributed by atoms with van der Waals surface area (Å²) in [4.78, 5) is 2.61. The Labute approximate surface area is 80.2 Å². The van der Waals surface area contributed by atoms with E-state index in [0.29, 0.717) is 0 Å². The highest BCUT2D eigenvalue weighted by atomic mass is 15.3. The summed E-state index contributed by atoms with van der Waals surface area (Å²) in [5.41, 5.74) is 0. The Balaban J connectivity index is 1.83. The molecule has 0 spiro atoms. The first-order chi connectivity index (χ1) is 6.45. The van der Waals surface area contributed by atoms with Gasteiger partial charge < -0.3 is 0 Å². The van der Waals surface area contributed by atoms with Crippen LogP contribution in [0.15, 0.2) is 0 Å². The molecule has 0 unspecified atom stereocenters. The van der Waals surface area contributed by atoms with Crippen molar-refractivity contribution in [2.45, 2.75) is 50.6 Å². The fourth-order valence-electron chi connectivity index (χ4n) is 3.26. The van der Waals surface area contributed by atoms with Crippen molar-refractivity contribution in [2.24, 2.45) is 0 Å². The number of piperidine rings is 2. The van der Waals surface area contributed by atoms with Crippen molar-refractivity contribution in [3.63, 3.8) is 0 Å². The molecule has 2 saturated heterocycles. The van der Waals surface area contributed by atoms with Crippen LogP contribution in [0.25, 0.3) is 0 Å². The average Bonchev–Trinajstić information content (AvgIpc) is 2.56. The first-order valence-electron chi connectivity index (χ1n) is 5.82. The van der Waals surface area contributed by atoms with Crippen LogP contribution in [-0.2, 0) is 0 Å². The van der Waals surface area contributed by atoms with E-state index in [1.54, 1.807) is 0 Å². The maximum Gasteiger partial charge on any atom is 0.234 e. The van der Waals surface area contributed by atoms with Gasteiger partial charge in [0, 0.05) is 0 Å². The first-order valence-corrected chi connectivity index (χ1v) is 5.82. The molecule has 0 aromatic heterocycles. The third-order valence-corrected chi connectivity index (χ3v) is 3.93. The molecule has 2 fully saturated rings. The molecule has 0 aromatic rings. The van der Waals surface area contributed by atoms with Crippen molar-refractivity contribution < 1.29 is 4.58 Å². The lowest BCUT2D eigenvalue weighted by molar-refractivity contribution is -0.566. The monoisotopic (exact) mass is 179 g/mol. The molecule has 3 aliphatic heterocycles. The lowest BCUT2D eigenvalue weighted by Crippen LogP contribution is -2.42. The normalized spacial score (nSPS) is 38.2. The quantitative estimate of drug-likeness (QED) is 0.510. The summed E-state index contributed by atoms with van der Waals surface area (Å²) in [6.07, 6.45) is 11.0. The van der Waals surface area contributed by atoms with E-state index in [-0.39, 0.29) is 0 Å². The van der Waals surface area contributed by atoms with Crippen molar-refractivity contribution >= 4 is 6.34 Å². The van der Waals surface area contributed by atoms with Crippen LogP contribution in [0.4, 0.5) is 0 Å². The topological polar surface area (TPSA) is 6.25 Å². The zero-order valence-corrected chi connectivity index (χ0v) is 8.28. The molecule has 0 radical (unpaired) electrons. The summed E-state index contributed by atoms with van der Waals surface area (Å²) in [5.74, 6) is 0. The average molecular weight is 179 g/mol. The number of fused-ring (bicyclic) bond motifs is 3. The van der Waals surface area contributed by atoms with Gasteiger partial charge in [0.1, 0.15) is 12.1 Å². The molecular formula is C11H19N2+. The zero-order valence-electron chi connectivity index (χ0n) is 8.28. The van der Waals surface area contributed by atoms with Crippen LogP contribution in [0.5, 0.6) is 0 Å². The van der Waals surface area contributed by atoms with Crippen molar-refractivity contribution in [2.75, 3.05) is 13.1 Å². The molecule has 3 heterocycles. The second-order valence-electron chi connectivity index (χ2n) is 4.72. The molecule has 72 valence electrons. The van der Waals surface area contributed by atoms with Gasteiger partial charge in [-0.3, -0.25) is 9.48 Å². The summed E-state index contributed by atoms with van der Waals surface area (Å²) in [5, 5.41) is 0. The van der Waals surface area contributed by atoms with Crippen LogP contribution >= 0.6 is 0 Å². The molecule has 13 heavy (non-hydrogen) atoms. The summed E-state index contributed by atoms with van der Waals surface area (Å²) in [7, 11) is 0. The molecular weight excluding hydrogens is 160 g/mol. The SMILES string of the molecule is C1=[N+]2CCCC[C@H]2[C@@H]2CCCCN12. The Morgan fingerprint density at radius 1 is 1.08 bits per heavy atom. The lowest BCUT2D eigenvalue weighted by atomic mass is 9.92. The summed E-state index contributed by atoms with van der Waals surface area (Å²) in [6, 6.07) is 1.77. The minimum absolute atomic E-state index is 0.883. The van der Waals surface area contributed by atoms with Gasteiger partial charge in [-0.25, -0.2) is 0 Å². The Bertz CT molecular complexity index is 234. The number of hydrogen-bond donors (Lipinski definition) is 0. The summed E-state index contributed by atoms with van der Waals surface area (Å²) < 4.78 is 2.61. The van der Waals surface area contributed by atoms with E-state index in [4.69, 9.17) is 0 Å². The highest BCUT2D eigenvalue weighted by Gasteiger charge is 2.43. The summed E-state index contributed by atoms with van der Waals surface area (Å²) >= 11 is 0. The van der Waals surface area contributed by atoms with E-state index < -0.39 is 0 Å². The van der Waals surface area contributed by atoms with Crippen LogP contribution in [-0.4, -0.2) is 41.0 Å².